The molecule has 0 atom stereocenters. The third kappa shape index (κ3) is 6.29. The van der Waals surface area contributed by atoms with Crippen molar-refractivity contribution in [3.8, 4) is 0 Å². The first-order valence-corrected chi connectivity index (χ1v) is 12.2. The molecule has 0 aliphatic heterocycles. The van der Waals surface area contributed by atoms with Crippen molar-refractivity contribution in [1.29, 1.82) is 0 Å². The average Bonchev–Trinajstić information content (AvgIpc) is 3.60. The molecule has 0 heterocycles. The highest BCUT2D eigenvalue weighted by Crippen LogP contribution is 2.30. The molecule has 7 heteroatoms. The number of rotatable bonds is 10. The Morgan fingerprint density at radius 2 is 1.66 bits per heavy atom. The molecule has 32 heavy (non-hydrogen) atoms. The lowest BCUT2D eigenvalue weighted by Gasteiger charge is -2.23. The second-order valence-corrected chi connectivity index (χ2v) is 11.0. The first-order chi connectivity index (χ1) is 15.2. The van der Waals surface area contributed by atoms with Crippen LogP contribution in [0.5, 0.6) is 0 Å². The van der Waals surface area contributed by atoms with Gasteiger partial charge in [-0.1, -0.05) is 54.6 Å². The van der Waals surface area contributed by atoms with E-state index in [1.807, 2.05) is 30.3 Å². The Morgan fingerprint density at radius 1 is 1.00 bits per heavy atom. The van der Waals surface area contributed by atoms with Crippen LogP contribution in [0.2, 0.25) is 0 Å². The topological polar surface area (TPSA) is 86.7 Å². The Labute approximate surface area is 189 Å². The van der Waals surface area contributed by atoms with Crippen molar-refractivity contribution in [2.24, 2.45) is 5.92 Å². The normalized spacial score (nSPS) is 14.3. The quantitative estimate of drug-likeness (QED) is 0.395. The summed E-state index contributed by atoms with van der Waals surface area (Å²) in [6.07, 6.45) is 4.81. The summed E-state index contributed by atoms with van der Waals surface area (Å²) in [5.74, 6) is -1.26. The molecule has 0 unspecified atom stereocenters. The van der Waals surface area contributed by atoms with Gasteiger partial charge in [0.05, 0.1) is 12.4 Å². The molecule has 170 valence electrons. The van der Waals surface area contributed by atoms with E-state index < -0.39 is 26.5 Å². The Kier molecular flexibility index (Phi) is 7.51. The number of carbonyl (C=O) groups excluding carboxylic acids is 2. The summed E-state index contributed by atoms with van der Waals surface area (Å²) in [6.45, 7) is 3.16. The van der Waals surface area contributed by atoms with E-state index in [0.717, 1.165) is 18.4 Å². The Hall–Kier alpha value is -2.93. The highest BCUT2D eigenvalue weighted by molar-refractivity contribution is 7.92. The molecule has 1 aliphatic rings. The zero-order valence-electron chi connectivity index (χ0n) is 18.3. The van der Waals surface area contributed by atoms with Crippen LogP contribution < -0.4 is 0 Å². The summed E-state index contributed by atoms with van der Waals surface area (Å²) in [5, 5.41) is 0. The first-order valence-electron chi connectivity index (χ1n) is 10.6. The molecule has 0 N–H and O–H groups in total. The SMILES string of the molecule is CC(C)(C(=O)OCC1CC1)S(=O)(=O)Cc1ccccc1/C=C/C(=O)OCc1ccccc1. The van der Waals surface area contributed by atoms with Gasteiger partial charge in [0, 0.05) is 6.08 Å². The van der Waals surface area contributed by atoms with E-state index in [0.29, 0.717) is 17.0 Å². The molecule has 2 aromatic rings. The largest absolute Gasteiger partial charge is 0.464 e. The van der Waals surface area contributed by atoms with Crippen LogP contribution in [0.4, 0.5) is 0 Å². The summed E-state index contributed by atoms with van der Waals surface area (Å²) in [5.41, 5.74) is 1.93. The fourth-order valence-corrected chi connectivity index (χ4v) is 4.27. The molecular formula is C25H28O6S. The number of hydrogen-bond donors (Lipinski definition) is 0. The van der Waals surface area contributed by atoms with Crippen LogP contribution >= 0.6 is 0 Å². The maximum atomic E-state index is 13.1. The summed E-state index contributed by atoms with van der Waals surface area (Å²) >= 11 is 0. The van der Waals surface area contributed by atoms with Gasteiger partial charge in [0.1, 0.15) is 6.61 Å². The van der Waals surface area contributed by atoms with E-state index in [1.54, 1.807) is 24.3 Å². The third-order valence-electron chi connectivity index (χ3n) is 5.44. The smallest absolute Gasteiger partial charge is 0.331 e. The molecule has 0 saturated heterocycles. The number of carbonyl (C=O) groups is 2. The zero-order valence-corrected chi connectivity index (χ0v) is 19.1. The fraction of sp³-hybridized carbons (Fsp3) is 0.360. The second-order valence-electron chi connectivity index (χ2n) is 8.44. The van der Waals surface area contributed by atoms with E-state index in [-0.39, 0.29) is 19.0 Å². The molecule has 0 amide bonds. The van der Waals surface area contributed by atoms with Gasteiger partial charge < -0.3 is 9.47 Å². The highest BCUT2D eigenvalue weighted by Gasteiger charge is 2.43. The van der Waals surface area contributed by atoms with Crippen LogP contribution in [-0.2, 0) is 41.3 Å². The number of benzene rings is 2. The van der Waals surface area contributed by atoms with Crippen LogP contribution in [-0.4, -0.2) is 31.7 Å². The molecule has 3 rings (SSSR count). The molecule has 1 aliphatic carbocycles. The summed E-state index contributed by atoms with van der Waals surface area (Å²) < 4.78 is 34.9. The molecule has 0 aromatic heterocycles. The molecule has 0 radical (unpaired) electrons. The predicted molar refractivity (Wildman–Crippen MR) is 122 cm³/mol. The fourth-order valence-electron chi connectivity index (χ4n) is 2.93. The van der Waals surface area contributed by atoms with Gasteiger partial charge in [-0.3, -0.25) is 4.79 Å². The second kappa shape index (κ2) is 10.1. The van der Waals surface area contributed by atoms with Crippen molar-refractivity contribution in [1.82, 2.24) is 0 Å². The minimum Gasteiger partial charge on any atom is -0.464 e. The number of sulfone groups is 1. The van der Waals surface area contributed by atoms with Gasteiger partial charge in [-0.05, 0) is 55.4 Å². The number of esters is 2. The first kappa shape index (κ1) is 23.7. The van der Waals surface area contributed by atoms with E-state index in [1.165, 1.54) is 26.0 Å². The standard InChI is InChI=1S/C25H28O6S/c1-25(2,24(27)31-17-20-12-13-20)32(28,29)18-22-11-7-6-10-21(22)14-15-23(26)30-16-19-8-4-3-5-9-19/h3-11,14-15,20H,12-13,16-18H2,1-2H3/b15-14+. The monoisotopic (exact) mass is 456 g/mol. The van der Waals surface area contributed by atoms with E-state index in [9.17, 15) is 18.0 Å². The van der Waals surface area contributed by atoms with Gasteiger partial charge in [0.15, 0.2) is 14.6 Å². The van der Waals surface area contributed by atoms with Crippen molar-refractivity contribution >= 4 is 27.9 Å². The lowest BCUT2D eigenvalue weighted by Crippen LogP contribution is -2.43. The molecule has 1 saturated carbocycles. The molecule has 0 bridgehead atoms. The maximum absolute atomic E-state index is 13.1. The van der Waals surface area contributed by atoms with Crippen LogP contribution in [0.25, 0.3) is 6.08 Å². The predicted octanol–water partition coefficient (Wildman–Crippen LogP) is 4.09. The zero-order chi connectivity index (χ0) is 23.2. The van der Waals surface area contributed by atoms with Gasteiger partial charge in [-0.2, -0.15) is 0 Å². The van der Waals surface area contributed by atoms with Crippen LogP contribution in [0.1, 0.15) is 43.4 Å². The molecule has 2 aromatic carbocycles. The van der Waals surface area contributed by atoms with Crippen LogP contribution in [0.3, 0.4) is 0 Å². The minimum absolute atomic E-state index is 0.150. The van der Waals surface area contributed by atoms with Gasteiger partial charge >= 0.3 is 11.9 Å². The Balaban J connectivity index is 1.66. The van der Waals surface area contributed by atoms with Crippen molar-refractivity contribution in [3.63, 3.8) is 0 Å². The Bertz CT molecular complexity index is 1080. The summed E-state index contributed by atoms with van der Waals surface area (Å²) in [7, 11) is -3.87. The van der Waals surface area contributed by atoms with Gasteiger partial charge in [0.25, 0.3) is 0 Å². The molecular weight excluding hydrogens is 428 g/mol. The maximum Gasteiger partial charge on any atom is 0.331 e. The van der Waals surface area contributed by atoms with Gasteiger partial charge in [-0.15, -0.1) is 0 Å². The number of ether oxygens (including phenoxy) is 2. The molecule has 0 spiro atoms. The van der Waals surface area contributed by atoms with Crippen molar-refractivity contribution in [2.75, 3.05) is 6.61 Å². The van der Waals surface area contributed by atoms with Crippen molar-refractivity contribution in [2.45, 2.75) is 43.8 Å². The van der Waals surface area contributed by atoms with Crippen molar-refractivity contribution < 1.29 is 27.5 Å². The van der Waals surface area contributed by atoms with Gasteiger partial charge in [0.2, 0.25) is 0 Å². The van der Waals surface area contributed by atoms with E-state index >= 15 is 0 Å². The molecule has 6 nitrogen and oxygen atoms in total. The van der Waals surface area contributed by atoms with E-state index in [4.69, 9.17) is 9.47 Å². The third-order valence-corrected chi connectivity index (χ3v) is 7.85. The molecule has 1 fully saturated rings. The van der Waals surface area contributed by atoms with Gasteiger partial charge in [-0.25, -0.2) is 13.2 Å². The average molecular weight is 457 g/mol. The van der Waals surface area contributed by atoms with Crippen LogP contribution in [0.15, 0.2) is 60.7 Å². The van der Waals surface area contributed by atoms with E-state index in [2.05, 4.69) is 0 Å². The lowest BCUT2D eigenvalue weighted by atomic mass is 10.1. The van der Waals surface area contributed by atoms with Crippen LogP contribution in [0, 0.1) is 5.92 Å². The summed E-state index contributed by atoms with van der Waals surface area (Å²) in [4.78, 5) is 24.5. The summed E-state index contributed by atoms with van der Waals surface area (Å²) in [6, 6.07) is 16.2. The highest BCUT2D eigenvalue weighted by atomic mass is 32.2. The van der Waals surface area contributed by atoms with Crippen molar-refractivity contribution in [3.05, 3.63) is 77.4 Å². The minimum atomic E-state index is -3.87. The number of hydrogen-bond acceptors (Lipinski definition) is 6. The lowest BCUT2D eigenvalue weighted by molar-refractivity contribution is -0.146. The Morgan fingerprint density at radius 3 is 2.34 bits per heavy atom.